The molecule has 1 fully saturated rings. The Hall–Kier alpha value is -2.53. The maximum Gasteiger partial charge on any atom is 0.253 e. The molecule has 1 atom stereocenters. The molecule has 0 aliphatic carbocycles. The smallest absolute Gasteiger partial charge is 0.253 e. The minimum absolute atomic E-state index is 0.0344. The summed E-state index contributed by atoms with van der Waals surface area (Å²) in [5, 5.41) is 0.591. The zero-order valence-corrected chi connectivity index (χ0v) is 15.4. The lowest BCUT2D eigenvalue weighted by atomic mass is 9.81. The summed E-state index contributed by atoms with van der Waals surface area (Å²) in [6, 6.07) is 12.5. The van der Waals surface area contributed by atoms with Crippen molar-refractivity contribution in [2.45, 2.75) is 11.8 Å². The third-order valence-corrected chi connectivity index (χ3v) is 5.69. The second kappa shape index (κ2) is 6.02. The fourth-order valence-corrected chi connectivity index (χ4v) is 4.14. The van der Waals surface area contributed by atoms with Crippen molar-refractivity contribution in [1.29, 1.82) is 0 Å². The SMILES string of the molecule is COc1ccc2c(c1)[C@]1(CCN(C(=O)c3ccc(Cl)cc3)C1)C(=O)N2C. The van der Waals surface area contributed by atoms with Crippen molar-refractivity contribution in [2.24, 2.45) is 0 Å². The lowest BCUT2D eigenvalue weighted by Crippen LogP contribution is -2.42. The highest BCUT2D eigenvalue weighted by molar-refractivity contribution is 6.30. The summed E-state index contributed by atoms with van der Waals surface area (Å²) >= 11 is 5.91. The average molecular weight is 371 g/mol. The molecule has 2 aliphatic rings. The first kappa shape index (κ1) is 16.9. The summed E-state index contributed by atoms with van der Waals surface area (Å²) in [6.07, 6.45) is 0.607. The zero-order valence-electron chi connectivity index (χ0n) is 14.7. The highest BCUT2D eigenvalue weighted by Crippen LogP contribution is 2.48. The van der Waals surface area contributed by atoms with Crippen molar-refractivity contribution >= 4 is 29.1 Å². The highest BCUT2D eigenvalue weighted by atomic mass is 35.5. The standard InChI is InChI=1S/C20H19ClN2O3/c1-22-17-8-7-15(26-2)11-16(17)20(19(22)25)9-10-23(12-20)18(24)13-3-5-14(21)6-4-13/h3-8,11H,9-10,12H2,1-2H3/t20-/m1/s1. The first-order chi connectivity index (χ1) is 12.5. The predicted octanol–water partition coefficient (Wildman–Crippen LogP) is 3.11. The van der Waals surface area contributed by atoms with Gasteiger partial charge in [-0.1, -0.05) is 11.6 Å². The van der Waals surface area contributed by atoms with E-state index in [0.717, 1.165) is 11.3 Å². The Morgan fingerprint density at radius 1 is 1.19 bits per heavy atom. The molecule has 0 aromatic heterocycles. The van der Waals surface area contributed by atoms with Gasteiger partial charge in [0.05, 0.1) is 12.5 Å². The van der Waals surface area contributed by atoms with E-state index in [1.807, 2.05) is 18.2 Å². The fourth-order valence-electron chi connectivity index (χ4n) is 4.02. The van der Waals surface area contributed by atoms with E-state index in [0.29, 0.717) is 35.8 Å². The largest absolute Gasteiger partial charge is 0.497 e. The zero-order chi connectivity index (χ0) is 18.5. The number of carbonyl (C=O) groups excluding carboxylic acids is 2. The van der Waals surface area contributed by atoms with E-state index < -0.39 is 5.41 Å². The van der Waals surface area contributed by atoms with E-state index in [1.165, 1.54) is 0 Å². The van der Waals surface area contributed by atoms with Crippen molar-refractivity contribution in [3.8, 4) is 5.75 Å². The van der Waals surface area contributed by atoms with Gasteiger partial charge in [0.1, 0.15) is 5.75 Å². The van der Waals surface area contributed by atoms with E-state index in [1.54, 1.807) is 48.2 Å². The van der Waals surface area contributed by atoms with Gasteiger partial charge in [-0.05, 0) is 54.4 Å². The normalized spacial score (nSPS) is 21.4. The van der Waals surface area contributed by atoms with Crippen molar-refractivity contribution < 1.29 is 14.3 Å². The molecule has 5 nitrogen and oxygen atoms in total. The number of likely N-dealkylation sites (N-methyl/N-ethyl adjacent to an activating group) is 1. The van der Waals surface area contributed by atoms with Crippen LogP contribution < -0.4 is 9.64 Å². The van der Waals surface area contributed by atoms with Crippen LogP contribution in [0, 0.1) is 0 Å². The lowest BCUT2D eigenvalue weighted by molar-refractivity contribution is -0.122. The fraction of sp³-hybridized carbons (Fsp3) is 0.300. The molecule has 1 spiro atoms. The number of fused-ring (bicyclic) bond motifs is 2. The summed E-state index contributed by atoms with van der Waals surface area (Å²) < 4.78 is 5.34. The van der Waals surface area contributed by atoms with Crippen LogP contribution in [-0.2, 0) is 10.2 Å². The molecule has 0 bridgehead atoms. The van der Waals surface area contributed by atoms with Crippen LogP contribution in [0.5, 0.6) is 5.75 Å². The van der Waals surface area contributed by atoms with Crippen LogP contribution in [0.25, 0.3) is 0 Å². The number of ether oxygens (including phenoxy) is 1. The maximum absolute atomic E-state index is 13.1. The summed E-state index contributed by atoms with van der Waals surface area (Å²) in [7, 11) is 3.39. The van der Waals surface area contributed by atoms with Gasteiger partial charge in [0.15, 0.2) is 0 Å². The molecule has 6 heteroatoms. The van der Waals surface area contributed by atoms with Crippen molar-refractivity contribution in [3.63, 3.8) is 0 Å². The highest BCUT2D eigenvalue weighted by Gasteiger charge is 2.54. The van der Waals surface area contributed by atoms with Crippen LogP contribution >= 0.6 is 11.6 Å². The molecule has 1 saturated heterocycles. The molecule has 0 N–H and O–H groups in total. The monoisotopic (exact) mass is 370 g/mol. The first-order valence-corrected chi connectivity index (χ1v) is 8.85. The van der Waals surface area contributed by atoms with E-state index in [4.69, 9.17) is 16.3 Å². The molecular weight excluding hydrogens is 352 g/mol. The molecule has 26 heavy (non-hydrogen) atoms. The van der Waals surface area contributed by atoms with Crippen LogP contribution in [0.3, 0.4) is 0 Å². The van der Waals surface area contributed by atoms with Gasteiger partial charge in [-0.3, -0.25) is 9.59 Å². The number of halogens is 1. The first-order valence-electron chi connectivity index (χ1n) is 8.48. The van der Waals surface area contributed by atoms with Gasteiger partial charge >= 0.3 is 0 Å². The van der Waals surface area contributed by atoms with Gasteiger partial charge in [-0.25, -0.2) is 0 Å². The predicted molar refractivity (Wildman–Crippen MR) is 100 cm³/mol. The molecule has 134 valence electrons. The summed E-state index contributed by atoms with van der Waals surface area (Å²) in [5.74, 6) is 0.672. The van der Waals surface area contributed by atoms with Gasteiger partial charge in [0.2, 0.25) is 5.91 Å². The number of carbonyl (C=O) groups is 2. The average Bonchev–Trinajstić information content (AvgIpc) is 3.19. The van der Waals surface area contributed by atoms with E-state index >= 15 is 0 Å². The Morgan fingerprint density at radius 2 is 1.92 bits per heavy atom. The maximum atomic E-state index is 13.1. The number of methoxy groups -OCH3 is 1. The van der Waals surface area contributed by atoms with Crippen LogP contribution in [0.15, 0.2) is 42.5 Å². The number of nitrogens with zero attached hydrogens (tertiary/aromatic N) is 2. The van der Waals surface area contributed by atoms with Gasteiger partial charge in [0, 0.05) is 36.4 Å². The van der Waals surface area contributed by atoms with Crippen LogP contribution in [0.1, 0.15) is 22.3 Å². The number of hydrogen-bond donors (Lipinski definition) is 0. The molecule has 0 radical (unpaired) electrons. The Balaban J connectivity index is 1.68. The number of hydrogen-bond acceptors (Lipinski definition) is 3. The van der Waals surface area contributed by atoms with Gasteiger partial charge in [-0.15, -0.1) is 0 Å². The summed E-state index contributed by atoms with van der Waals surface area (Å²) in [6.45, 7) is 0.912. The van der Waals surface area contributed by atoms with E-state index in [9.17, 15) is 9.59 Å². The van der Waals surface area contributed by atoms with Gasteiger partial charge in [0.25, 0.3) is 5.91 Å². The van der Waals surface area contributed by atoms with E-state index in [2.05, 4.69) is 0 Å². The number of benzene rings is 2. The molecular formula is C20H19ClN2O3. The van der Waals surface area contributed by atoms with Crippen molar-refractivity contribution in [3.05, 3.63) is 58.6 Å². The van der Waals surface area contributed by atoms with Gasteiger partial charge < -0.3 is 14.5 Å². The van der Waals surface area contributed by atoms with Crippen LogP contribution in [0.4, 0.5) is 5.69 Å². The molecule has 2 aliphatic heterocycles. The molecule has 2 aromatic rings. The number of anilines is 1. The molecule has 4 rings (SSSR count). The van der Waals surface area contributed by atoms with Crippen LogP contribution in [-0.4, -0.2) is 44.0 Å². The van der Waals surface area contributed by atoms with Crippen molar-refractivity contribution in [1.82, 2.24) is 4.90 Å². The number of amides is 2. The third-order valence-electron chi connectivity index (χ3n) is 5.44. The topological polar surface area (TPSA) is 49.9 Å². The van der Waals surface area contributed by atoms with Gasteiger partial charge in [-0.2, -0.15) is 0 Å². The van der Waals surface area contributed by atoms with Crippen LogP contribution in [0.2, 0.25) is 5.02 Å². The number of likely N-dealkylation sites (tertiary alicyclic amines) is 1. The molecule has 2 heterocycles. The van der Waals surface area contributed by atoms with E-state index in [-0.39, 0.29) is 11.8 Å². The second-order valence-corrected chi connectivity index (χ2v) is 7.25. The third kappa shape index (κ3) is 2.38. The Bertz CT molecular complexity index is 896. The molecule has 2 amide bonds. The molecule has 0 unspecified atom stereocenters. The number of rotatable bonds is 2. The minimum atomic E-state index is -0.694. The molecule has 2 aromatic carbocycles. The Kier molecular flexibility index (Phi) is 3.92. The van der Waals surface area contributed by atoms with Crippen molar-refractivity contribution in [2.75, 3.05) is 32.1 Å². The Labute approximate surface area is 157 Å². The summed E-state index contributed by atoms with van der Waals surface area (Å²) in [5.41, 5.74) is 1.71. The second-order valence-electron chi connectivity index (χ2n) is 6.81. The minimum Gasteiger partial charge on any atom is -0.497 e. The summed E-state index contributed by atoms with van der Waals surface area (Å²) in [4.78, 5) is 29.4. The lowest BCUT2D eigenvalue weighted by Gasteiger charge is -2.23. The molecule has 0 saturated carbocycles. The quantitative estimate of drug-likeness (QED) is 0.816. The Morgan fingerprint density at radius 3 is 2.62 bits per heavy atom.